The van der Waals surface area contributed by atoms with Crippen molar-refractivity contribution in [1.82, 2.24) is 14.2 Å². The van der Waals surface area contributed by atoms with E-state index in [9.17, 15) is 18.0 Å². The first-order valence-electron chi connectivity index (χ1n) is 6.56. The van der Waals surface area contributed by atoms with Gasteiger partial charge >= 0.3 is 5.97 Å². The highest BCUT2D eigenvalue weighted by atomic mass is 32.2. The highest BCUT2D eigenvalue weighted by Gasteiger charge is 2.28. The van der Waals surface area contributed by atoms with Crippen LogP contribution < -0.4 is 0 Å². The number of aromatic amines is 1. The zero-order valence-corrected chi connectivity index (χ0v) is 12.8. The van der Waals surface area contributed by atoms with Gasteiger partial charge in [0, 0.05) is 26.3 Å². The number of nitrogens with zero attached hydrogens (tertiary/aromatic N) is 2. The Balaban J connectivity index is 2.16. The first-order chi connectivity index (χ1) is 10.3. The Hall–Kier alpha value is -1.91. The predicted octanol–water partition coefficient (Wildman–Crippen LogP) is -0.808. The topological polar surface area (TPSA) is 120 Å². The van der Waals surface area contributed by atoms with Crippen molar-refractivity contribution >= 4 is 21.9 Å². The van der Waals surface area contributed by atoms with E-state index in [1.54, 1.807) is 0 Å². The Morgan fingerprint density at radius 2 is 2.05 bits per heavy atom. The van der Waals surface area contributed by atoms with Crippen molar-refractivity contribution in [2.45, 2.75) is 4.90 Å². The second-order valence-electron chi connectivity index (χ2n) is 4.82. The molecule has 122 valence electrons. The zero-order chi connectivity index (χ0) is 16.3. The number of morpholine rings is 1. The number of nitrogens with one attached hydrogen (secondary N) is 1. The molecule has 1 amide bonds. The molecular formula is C12H17N3O6S. The van der Waals surface area contributed by atoms with Crippen LogP contribution in [0.25, 0.3) is 0 Å². The van der Waals surface area contributed by atoms with E-state index < -0.39 is 28.4 Å². The Morgan fingerprint density at radius 1 is 1.41 bits per heavy atom. The smallest absolute Gasteiger partial charge is 0.323 e. The molecule has 9 nitrogen and oxygen atoms in total. The maximum atomic E-state index is 12.4. The van der Waals surface area contributed by atoms with Gasteiger partial charge < -0.3 is 19.7 Å². The van der Waals surface area contributed by atoms with E-state index in [0.29, 0.717) is 13.2 Å². The molecule has 2 heterocycles. The van der Waals surface area contributed by atoms with Crippen LogP contribution in [0.3, 0.4) is 0 Å². The number of carboxylic acid groups (broad SMARTS) is 1. The molecule has 1 aliphatic heterocycles. The fourth-order valence-corrected chi connectivity index (χ4v) is 3.47. The SMILES string of the molecule is CN(CC(=O)O)C(=O)c1cc(S(=O)(=O)N2CCOCC2)c[nH]1. The Bertz CT molecular complexity index is 662. The van der Waals surface area contributed by atoms with Gasteiger partial charge in [0.2, 0.25) is 10.0 Å². The lowest BCUT2D eigenvalue weighted by atomic mass is 10.4. The summed E-state index contributed by atoms with van der Waals surface area (Å²) >= 11 is 0. The number of amides is 1. The summed E-state index contributed by atoms with van der Waals surface area (Å²) < 4.78 is 31.2. The van der Waals surface area contributed by atoms with Gasteiger partial charge in [0.1, 0.15) is 17.1 Å². The summed E-state index contributed by atoms with van der Waals surface area (Å²) in [6, 6.07) is 1.21. The van der Waals surface area contributed by atoms with Crippen LogP contribution >= 0.6 is 0 Å². The Kier molecular flexibility index (Phi) is 4.84. The minimum atomic E-state index is -3.69. The maximum Gasteiger partial charge on any atom is 0.323 e. The molecule has 1 aromatic heterocycles. The highest BCUT2D eigenvalue weighted by molar-refractivity contribution is 7.89. The second-order valence-corrected chi connectivity index (χ2v) is 6.76. The molecule has 2 N–H and O–H groups in total. The number of rotatable bonds is 5. The van der Waals surface area contributed by atoms with E-state index in [2.05, 4.69) is 4.98 Å². The van der Waals surface area contributed by atoms with Crippen LogP contribution in [0.4, 0.5) is 0 Å². The molecule has 0 aliphatic carbocycles. The normalized spacial score (nSPS) is 16.4. The van der Waals surface area contributed by atoms with Gasteiger partial charge in [-0.3, -0.25) is 9.59 Å². The van der Waals surface area contributed by atoms with Crippen molar-refractivity contribution in [2.75, 3.05) is 39.9 Å². The quantitative estimate of drug-likeness (QED) is 0.728. The van der Waals surface area contributed by atoms with Gasteiger partial charge in [-0.2, -0.15) is 4.31 Å². The van der Waals surface area contributed by atoms with E-state index in [0.717, 1.165) is 4.90 Å². The lowest BCUT2D eigenvalue weighted by Crippen LogP contribution is -2.40. The summed E-state index contributed by atoms with van der Waals surface area (Å²) in [4.78, 5) is 26.1. The average molecular weight is 331 g/mol. The fourth-order valence-electron chi connectivity index (χ4n) is 2.06. The molecule has 0 aromatic carbocycles. The van der Waals surface area contributed by atoms with Crippen molar-refractivity contribution in [2.24, 2.45) is 0 Å². The molecule has 0 saturated carbocycles. The monoisotopic (exact) mass is 331 g/mol. The van der Waals surface area contributed by atoms with Gasteiger partial charge in [-0.15, -0.1) is 0 Å². The average Bonchev–Trinajstić information content (AvgIpc) is 2.97. The van der Waals surface area contributed by atoms with Crippen LogP contribution in [-0.4, -0.2) is 79.5 Å². The summed E-state index contributed by atoms with van der Waals surface area (Å²) in [6.45, 7) is 0.711. The summed E-state index contributed by atoms with van der Waals surface area (Å²) in [7, 11) is -2.36. The molecule has 10 heteroatoms. The standard InChI is InChI=1S/C12H17N3O6S/c1-14(8-11(16)17)12(18)10-6-9(7-13-10)22(19,20)15-2-4-21-5-3-15/h6-7,13H,2-5,8H2,1H3,(H,16,17). The number of carboxylic acids is 1. The third kappa shape index (κ3) is 3.46. The van der Waals surface area contributed by atoms with E-state index in [1.165, 1.54) is 23.6 Å². The van der Waals surface area contributed by atoms with Gasteiger partial charge in [-0.25, -0.2) is 8.42 Å². The maximum absolute atomic E-state index is 12.4. The van der Waals surface area contributed by atoms with Crippen molar-refractivity contribution in [3.63, 3.8) is 0 Å². The van der Waals surface area contributed by atoms with E-state index >= 15 is 0 Å². The van der Waals surface area contributed by atoms with Gasteiger partial charge in [0.05, 0.1) is 13.2 Å². The number of H-pyrrole nitrogens is 1. The molecule has 1 saturated heterocycles. The summed E-state index contributed by atoms with van der Waals surface area (Å²) in [5.41, 5.74) is 0.0237. The Morgan fingerprint density at radius 3 is 2.64 bits per heavy atom. The van der Waals surface area contributed by atoms with Crippen molar-refractivity contribution in [1.29, 1.82) is 0 Å². The molecular weight excluding hydrogens is 314 g/mol. The highest BCUT2D eigenvalue weighted by Crippen LogP contribution is 2.18. The van der Waals surface area contributed by atoms with Crippen LogP contribution in [-0.2, 0) is 19.6 Å². The Labute approximate surface area is 127 Å². The number of aromatic nitrogens is 1. The zero-order valence-electron chi connectivity index (χ0n) is 12.0. The number of carbonyl (C=O) groups is 2. The number of hydrogen-bond donors (Lipinski definition) is 2. The molecule has 0 atom stereocenters. The van der Waals surface area contributed by atoms with Crippen molar-refractivity contribution < 1.29 is 27.9 Å². The van der Waals surface area contributed by atoms with Crippen molar-refractivity contribution in [3.05, 3.63) is 18.0 Å². The lowest BCUT2D eigenvalue weighted by Gasteiger charge is -2.25. The third-order valence-corrected chi connectivity index (χ3v) is 5.09. The summed E-state index contributed by atoms with van der Waals surface area (Å²) in [5, 5.41) is 8.67. The number of hydrogen-bond acceptors (Lipinski definition) is 5. The molecule has 0 bridgehead atoms. The van der Waals surface area contributed by atoms with E-state index in [4.69, 9.17) is 9.84 Å². The molecule has 0 radical (unpaired) electrons. The van der Waals surface area contributed by atoms with Gasteiger partial charge in [-0.05, 0) is 6.07 Å². The largest absolute Gasteiger partial charge is 0.480 e. The second kappa shape index (κ2) is 6.46. The molecule has 0 spiro atoms. The molecule has 0 unspecified atom stereocenters. The number of likely N-dealkylation sites (N-methyl/N-ethyl adjacent to an activating group) is 1. The van der Waals surface area contributed by atoms with Crippen molar-refractivity contribution in [3.8, 4) is 0 Å². The van der Waals surface area contributed by atoms with Crippen LogP contribution in [0, 0.1) is 0 Å². The van der Waals surface area contributed by atoms with Crippen LogP contribution in [0.15, 0.2) is 17.2 Å². The first kappa shape index (κ1) is 16.5. The number of sulfonamides is 1. The summed E-state index contributed by atoms with van der Waals surface area (Å²) in [6.07, 6.45) is 1.23. The van der Waals surface area contributed by atoms with Gasteiger partial charge in [-0.1, -0.05) is 0 Å². The van der Waals surface area contributed by atoms with Crippen LogP contribution in [0.1, 0.15) is 10.5 Å². The lowest BCUT2D eigenvalue weighted by molar-refractivity contribution is -0.137. The van der Waals surface area contributed by atoms with Crippen LogP contribution in [0.5, 0.6) is 0 Å². The van der Waals surface area contributed by atoms with Crippen LogP contribution in [0.2, 0.25) is 0 Å². The fraction of sp³-hybridized carbons (Fsp3) is 0.500. The molecule has 1 aromatic rings. The number of carbonyl (C=O) groups excluding carboxylic acids is 1. The van der Waals surface area contributed by atoms with E-state index in [1.807, 2.05) is 0 Å². The predicted molar refractivity (Wildman–Crippen MR) is 75.0 cm³/mol. The molecule has 1 aliphatic rings. The first-order valence-corrected chi connectivity index (χ1v) is 8.00. The number of aliphatic carboxylic acids is 1. The molecule has 1 fully saturated rings. The molecule has 22 heavy (non-hydrogen) atoms. The number of ether oxygens (including phenoxy) is 1. The minimum Gasteiger partial charge on any atom is -0.480 e. The molecule has 2 rings (SSSR count). The van der Waals surface area contributed by atoms with Gasteiger partial charge in [0.15, 0.2) is 0 Å². The minimum absolute atomic E-state index is 0.0237. The van der Waals surface area contributed by atoms with E-state index in [-0.39, 0.29) is 23.7 Å². The van der Waals surface area contributed by atoms with Gasteiger partial charge in [0.25, 0.3) is 5.91 Å². The summed E-state index contributed by atoms with van der Waals surface area (Å²) in [5.74, 6) is -1.74. The third-order valence-electron chi connectivity index (χ3n) is 3.21.